The summed E-state index contributed by atoms with van der Waals surface area (Å²) in [5.41, 5.74) is 4.43. The van der Waals surface area contributed by atoms with Crippen molar-refractivity contribution in [3.05, 3.63) is 108 Å². The first-order valence-electron chi connectivity index (χ1n) is 12.3. The molecule has 1 amide bonds. The van der Waals surface area contributed by atoms with Gasteiger partial charge in [0, 0.05) is 25.9 Å². The van der Waals surface area contributed by atoms with E-state index in [1.165, 1.54) is 5.56 Å². The van der Waals surface area contributed by atoms with Crippen LogP contribution in [0.1, 0.15) is 29.8 Å². The van der Waals surface area contributed by atoms with Crippen LogP contribution in [0.4, 0.5) is 0 Å². The lowest BCUT2D eigenvalue weighted by molar-refractivity contribution is -0.121. The number of benzene rings is 3. The number of amides is 1. The zero-order valence-corrected chi connectivity index (χ0v) is 20.2. The lowest BCUT2D eigenvalue weighted by Crippen LogP contribution is -2.26. The number of rotatable bonds is 13. The molecule has 35 heavy (non-hydrogen) atoms. The molecule has 0 saturated carbocycles. The Kier molecular flexibility index (Phi) is 8.71. The number of imidazole rings is 1. The fraction of sp³-hybridized carbons (Fsp3) is 0.267. The van der Waals surface area contributed by atoms with Crippen molar-refractivity contribution >= 4 is 16.9 Å². The van der Waals surface area contributed by atoms with Crippen LogP contribution in [0.3, 0.4) is 0 Å². The molecule has 0 bridgehead atoms. The predicted octanol–water partition coefficient (Wildman–Crippen LogP) is 5.53. The van der Waals surface area contributed by atoms with Crippen LogP contribution in [0, 0.1) is 0 Å². The highest BCUT2D eigenvalue weighted by Crippen LogP contribution is 2.20. The van der Waals surface area contributed by atoms with Crippen LogP contribution in [0.25, 0.3) is 11.0 Å². The van der Waals surface area contributed by atoms with E-state index >= 15 is 0 Å². The van der Waals surface area contributed by atoms with Crippen LogP contribution in [0.2, 0.25) is 0 Å². The molecule has 0 atom stereocenters. The van der Waals surface area contributed by atoms with Gasteiger partial charge in [-0.3, -0.25) is 4.79 Å². The number of nitrogens with one attached hydrogen (secondary N) is 1. The maximum Gasteiger partial charge on any atom is 0.220 e. The molecule has 0 aliphatic heterocycles. The fourth-order valence-electron chi connectivity index (χ4n) is 4.24. The number of carbonyl (C=O) groups excluding carboxylic acids is 1. The van der Waals surface area contributed by atoms with Gasteiger partial charge in [-0.25, -0.2) is 4.98 Å². The van der Waals surface area contributed by atoms with Crippen molar-refractivity contribution in [2.75, 3.05) is 13.2 Å². The second kappa shape index (κ2) is 12.6. The first kappa shape index (κ1) is 24.3. The van der Waals surface area contributed by atoms with Gasteiger partial charge in [0.1, 0.15) is 11.6 Å². The fourth-order valence-corrected chi connectivity index (χ4v) is 4.24. The lowest BCUT2D eigenvalue weighted by Gasteiger charge is -2.12. The molecule has 4 rings (SSSR count). The zero-order valence-electron chi connectivity index (χ0n) is 20.2. The molecule has 0 spiro atoms. The average Bonchev–Trinajstić information content (AvgIpc) is 3.24. The van der Waals surface area contributed by atoms with Gasteiger partial charge in [-0.1, -0.05) is 66.7 Å². The van der Waals surface area contributed by atoms with Crippen molar-refractivity contribution in [1.82, 2.24) is 14.9 Å². The van der Waals surface area contributed by atoms with E-state index in [4.69, 9.17) is 9.72 Å². The second-order valence-corrected chi connectivity index (χ2v) is 8.56. The summed E-state index contributed by atoms with van der Waals surface area (Å²) in [5, 5.41) is 3.05. The van der Waals surface area contributed by atoms with E-state index < -0.39 is 0 Å². The summed E-state index contributed by atoms with van der Waals surface area (Å²) < 4.78 is 8.33. The summed E-state index contributed by atoms with van der Waals surface area (Å²) in [6.07, 6.45) is 5.48. The molecule has 3 aromatic carbocycles. The number of hydrogen-bond acceptors (Lipinski definition) is 3. The molecule has 0 radical (unpaired) electrons. The van der Waals surface area contributed by atoms with Crippen LogP contribution in [0.15, 0.2) is 91.5 Å². The average molecular weight is 468 g/mol. The Labute approximate surface area is 207 Å². The van der Waals surface area contributed by atoms with E-state index in [9.17, 15) is 4.79 Å². The Balaban J connectivity index is 1.31. The van der Waals surface area contributed by atoms with Gasteiger partial charge in [-0.15, -0.1) is 6.58 Å². The molecule has 0 aliphatic rings. The monoisotopic (exact) mass is 467 g/mol. The second-order valence-electron chi connectivity index (χ2n) is 8.56. The van der Waals surface area contributed by atoms with Gasteiger partial charge in [0.25, 0.3) is 0 Å². The number of ether oxygens (including phenoxy) is 1. The van der Waals surface area contributed by atoms with Crippen molar-refractivity contribution in [2.45, 2.75) is 38.6 Å². The van der Waals surface area contributed by atoms with Crippen LogP contribution in [0.5, 0.6) is 5.75 Å². The van der Waals surface area contributed by atoms with Crippen molar-refractivity contribution in [2.24, 2.45) is 0 Å². The maximum atomic E-state index is 12.3. The number of allylic oxidation sites excluding steroid dienone is 1. The van der Waals surface area contributed by atoms with Crippen molar-refractivity contribution in [1.29, 1.82) is 0 Å². The highest BCUT2D eigenvalue weighted by molar-refractivity contribution is 5.77. The Morgan fingerprint density at radius 2 is 1.74 bits per heavy atom. The largest absolute Gasteiger partial charge is 0.493 e. The molecule has 0 fully saturated rings. The van der Waals surface area contributed by atoms with Crippen molar-refractivity contribution < 1.29 is 9.53 Å². The minimum absolute atomic E-state index is 0.0723. The molecule has 1 heterocycles. The van der Waals surface area contributed by atoms with Crippen LogP contribution in [-0.2, 0) is 30.6 Å². The van der Waals surface area contributed by atoms with E-state index in [1.807, 2.05) is 60.7 Å². The van der Waals surface area contributed by atoms with Gasteiger partial charge < -0.3 is 14.6 Å². The van der Waals surface area contributed by atoms with Gasteiger partial charge >= 0.3 is 0 Å². The molecule has 5 nitrogen and oxygen atoms in total. The number of aryl methyl sites for hydroxylation is 2. The van der Waals surface area contributed by atoms with Gasteiger partial charge in [0.2, 0.25) is 5.91 Å². The third-order valence-electron chi connectivity index (χ3n) is 6.01. The molecular weight excluding hydrogens is 434 g/mol. The Morgan fingerprint density at radius 3 is 2.60 bits per heavy atom. The first-order chi connectivity index (χ1) is 17.2. The number of hydrogen-bond donors (Lipinski definition) is 1. The van der Waals surface area contributed by atoms with Crippen molar-refractivity contribution in [3.8, 4) is 5.75 Å². The first-order valence-corrected chi connectivity index (χ1v) is 12.3. The van der Waals surface area contributed by atoms with Crippen LogP contribution < -0.4 is 10.1 Å². The molecular formula is C30H33N3O2. The zero-order chi connectivity index (χ0) is 24.3. The number of para-hydroxylation sites is 3. The molecule has 0 saturated heterocycles. The Morgan fingerprint density at radius 1 is 0.971 bits per heavy atom. The molecule has 1 aromatic heterocycles. The van der Waals surface area contributed by atoms with Gasteiger partial charge in [-0.2, -0.15) is 0 Å². The topological polar surface area (TPSA) is 56.1 Å². The van der Waals surface area contributed by atoms with E-state index in [-0.39, 0.29) is 5.91 Å². The molecule has 0 aliphatic carbocycles. The molecule has 5 heteroatoms. The summed E-state index contributed by atoms with van der Waals surface area (Å²) in [6, 6.07) is 26.4. The highest BCUT2D eigenvalue weighted by Gasteiger charge is 2.11. The summed E-state index contributed by atoms with van der Waals surface area (Å²) in [4.78, 5) is 17.2. The Hall–Kier alpha value is -3.86. The number of aromatic nitrogens is 2. The minimum atomic E-state index is 0.0723. The SMILES string of the molecule is C=CCc1ccccc1OCCCn1c(CCNC(=O)CCc2ccccc2)nc2ccccc21. The third kappa shape index (κ3) is 6.82. The summed E-state index contributed by atoms with van der Waals surface area (Å²) in [5.74, 6) is 1.98. The van der Waals surface area contributed by atoms with Gasteiger partial charge in [0.05, 0.1) is 17.6 Å². The number of carbonyl (C=O) groups is 1. The van der Waals surface area contributed by atoms with Crippen LogP contribution in [-0.4, -0.2) is 28.6 Å². The van der Waals surface area contributed by atoms with E-state index in [0.717, 1.165) is 54.0 Å². The van der Waals surface area contributed by atoms with Crippen LogP contribution >= 0.6 is 0 Å². The smallest absolute Gasteiger partial charge is 0.220 e. The van der Waals surface area contributed by atoms with Crippen molar-refractivity contribution in [3.63, 3.8) is 0 Å². The maximum absolute atomic E-state index is 12.3. The molecule has 180 valence electrons. The van der Waals surface area contributed by atoms with Gasteiger partial charge in [0.15, 0.2) is 0 Å². The quantitative estimate of drug-likeness (QED) is 0.208. The van der Waals surface area contributed by atoms with E-state index in [1.54, 1.807) is 0 Å². The molecule has 1 N–H and O–H groups in total. The number of nitrogens with zero attached hydrogens (tertiary/aromatic N) is 2. The molecule has 0 unspecified atom stereocenters. The Bertz CT molecular complexity index is 1250. The molecule has 4 aromatic rings. The predicted molar refractivity (Wildman–Crippen MR) is 142 cm³/mol. The van der Waals surface area contributed by atoms with E-state index in [0.29, 0.717) is 26.0 Å². The third-order valence-corrected chi connectivity index (χ3v) is 6.01. The normalized spacial score (nSPS) is 10.9. The highest BCUT2D eigenvalue weighted by atomic mass is 16.5. The summed E-state index contributed by atoms with van der Waals surface area (Å²) in [7, 11) is 0. The van der Waals surface area contributed by atoms with Gasteiger partial charge in [-0.05, 0) is 48.6 Å². The summed E-state index contributed by atoms with van der Waals surface area (Å²) >= 11 is 0. The minimum Gasteiger partial charge on any atom is -0.493 e. The summed E-state index contributed by atoms with van der Waals surface area (Å²) in [6.45, 7) is 5.83. The lowest BCUT2D eigenvalue weighted by atomic mass is 10.1. The standard InChI is InChI=1S/C30H33N3O2/c1-2-11-25-14-6-9-17-28(25)35-23-10-22-33-27-16-8-7-15-26(27)32-29(33)20-21-31-30(34)19-18-24-12-4-3-5-13-24/h2-9,12-17H,1,10-11,18-23H2,(H,31,34). The van der Waals surface area contributed by atoms with E-state index in [2.05, 4.69) is 40.7 Å². The number of fused-ring (bicyclic) bond motifs is 1.